The molecule has 0 aliphatic carbocycles. The number of hydrogen-bond acceptors (Lipinski definition) is 5. The van der Waals surface area contributed by atoms with Crippen LogP contribution in [0.25, 0.3) is 11.0 Å². The topological polar surface area (TPSA) is 75.9 Å². The first-order valence-electron chi connectivity index (χ1n) is 8.46. The van der Waals surface area contributed by atoms with E-state index in [1.165, 1.54) is 0 Å². The van der Waals surface area contributed by atoms with E-state index in [9.17, 15) is 4.79 Å². The van der Waals surface area contributed by atoms with Crippen molar-refractivity contribution in [3.63, 3.8) is 0 Å². The lowest BCUT2D eigenvalue weighted by molar-refractivity contribution is 0.0926. The van der Waals surface area contributed by atoms with Gasteiger partial charge < -0.3 is 14.8 Å². The lowest BCUT2D eigenvalue weighted by Crippen LogP contribution is -2.45. The van der Waals surface area contributed by atoms with Gasteiger partial charge in [0.1, 0.15) is 11.3 Å². The van der Waals surface area contributed by atoms with Crippen molar-refractivity contribution in [3.8, 4) is 0 Å². The van der Waals surface area contributed by atoms with Crippen LogP contribution in [0.3, 0.4) is 0 Å². The second kappa shape index (κ2) is 6.51. The summed E-state index contributed by atoms with van der Waals surface area (Å²) in [6.07, 6.45) is 5.39. The molecule has 1 amide bonds. The number of fused-ring (bicyclic) bond motifs is 1. The minimum Gasteiger partial charge on any atom is -0.355 e. The molecule has 0 bridgehead atoms. The van der Waals surface area contributed by atoms with Crippen LogP contribution in [0, 0.1) is 0 Å². The van der Waals surface area contributed by atoms with Crippen molar-refractivity contribution in [3.05, 3.63) is 48.4 Å². The fraction of sp³-hybridized carbons (Fsp3) is 0.333. The van der Waals surface area contributed by atoms with E-state index in [1.54, 1.807) is 12.3 Å². The summed E-state index contributed by atoms with van der Waals surface area (Å²) in [5.74, 6) is 0.782. The molecule has 1 fully saturated rings. The number of nitrogens with zero attached hydrogens (tertiary/aromatic N) is 5. The number of aryl methyl sites for hydroxylation is 1. The van der Waals surface area contributed by atoms with Crippen LogP contribution >= 0.6 is 0 Å². The number of carbonyl (C=O) groups excluding carboxylic acids is 1. The molecule has 0 radical (unpaired) electrons. The SMILES string of the molecule is Cn1ccc2ccc(C(=O)NC3CCN(c4cccnn4)CC3)nc21. The number of pyridine rings is 1. The molecule has 0 saturated carbocycles. The Morgan fingerprint density at radius 2 is 2.04 bits per heavy atom. The minimum atomic E-state index is -0.110. The van der Waals surface area contributed by atoms with Crippen LogP contribution in [0.1, 0.15) is 23.3 Å². The highest BCUT2D eigenvalue weighted by Gasteiger charge is 2.22. The van der Waals surface area contributed by atoms with Gasteiger partial charge in [0.25, 0.3) is 5.91 Å². The smallest absolute Gasteiger partial charge is 0.270 e. The quantitative estimate of drug-likeness (QED) is 0.789. The van der Waals surface area contributed by atoms with E-state index in [1.807, 2.05) is 42.1 Å². The van der Waals surface area contributed by atoms with Crippen LogP contribution < -0.4 is 10.2 Å². The molecule has 128 valence electrons. The van der Waals surface area contributed by atoms with Crippen LogP contribution in [0.15, 0.2) is 42.7 Å². The van der Waals surface area contributed by atoms with Gasteiger partial charge in [-0.3, -0.25) is 4.79 Å². The summed E-state index contributed by atoms with van der Waals surface area (Å²) in [5, 5.41) is 12.2. The Kier molecular flexibility index (Phi) is 4.05. The number of carbonyl (C=O) groups is 1. The third-order valence-corrected chi connectivity index (χ3v) is 4.66. The third kappa shape index (κ3) is 3.17. The molecule has 3 aromatic heterocycles. The highest BCUT2D eigenvalue weighted by molar-refractivity contribution is 5.94. The van der Waals surface area contributed by atoms with Crippen molar-refractivity contribution < 1.29 is 4.79 Å². The summed E-state index contributed by atoms with van der Waals surface area (Å²) in [7, 11) is 1.93. The summed E-state index contributed by atoms with van der Waals surface area (Å²) in [6, 6.07) is 9.73. The number of aromatic nitrogens is 4. The van der Waals surface area contributed by atoms with E-state index in [0.717, 1.165) is 42.8 Å². The van der Waals surface area contributed by atoms with Gasteiger partial charge in [-0.2, -0.15) is 5.10 Å². The molecule has 4 rings (SSSR count). The standard InChI is InChI=1S/C18H20N6O/c1-23-10-6-13-4-5-15(21-17(13)23)18(25)20-14-7-11-24(12-8-14)16-3-2-9-19-22-16/h2-6,9-10,14H,7-8,11-12H2,1H3,(H,20,25). The van der Waals surface area contributed by atoms with E-state index in [4.69, 9.17) is 0 Å². The molecule has 3 aromatic rings. The Morgan fingerprint density at radius 1 is 1.20 bits per heavy atom. The highest BCUT2D eigenvalue weighted by atomic mass is 16.1. The van der Waals surface area contributed by atoms with Crippen molar-refractivity contribution in [2.75, 3.05) is 18.0 Å². The molecule has 1 aliphatic rings. The first-order valence-corrected chi connectivity index (χ1v) is 8.46. The van der Waals surface area contributed by atoms with E-state index in [0.29, 0.717) is 5.69 Å². The molecule has 0 atom stereocenters. The summed E-state index contributed by atoms with van der Waals surface area (Å²) in [5.41, 5.74) is 1.29. The second-order valence-corrected chi connectivity index (χ2v) is 6.35. The summed E-state index contributed by atoms with van der Waals surface area (Å²) >= 11 is 0. The summed E-state index contributed by atoms with van der Waals surface area (Å²) in [4.78, 5) is 19.2. The maximum Gasteiger partial charge on any atom is 0.270 e. The first kappa shape index (κ1) is 15.6. The predicted molar refractivity (Wildman–Crippen MR) is 95.4 cm³/mol. The van der Waals surface area contributed by atoms with Crippen molar-refractivity contribution in [1.82, 2.24) is 25.1 Å². The van der Waals surface area contributed by atoms with E-state index < -0.39 is 0 Å². The van der Waals surface area contributed by atoms with Crippen molar-refractivity contribution in [2.24, 2.45) is 7.05 Å². The Morgan fingerprint density at radius 3 is 2.80 bits per heavy atom. The monoisotopic (exact) mass is 336 g/mol. The van der Waals surface area contributed by atoms with Crippen LogP contribution in [0.4, 0.5) is 5.82 Å². The summed E-state index contributed by atoms with van der Waals surface area (Å²) < 4.78 is 1.92. The fourth-order valence-corrected chi connectivity index (χ4v) is 3.24. The first-order chi connectivity index (χ1) is 12.2. The van der Waals surface area contributed by atoms with Gasteiger partial charge in [0.05, 0.1) is 0 Å². The highest BCUT2D eigenvalue weighted by Crippen LogP contribution is 2.17. The zero-order valence-electron chi connectivity index (χ0n) is 14.1. The van der Waals surface area contributed by atoms with Crippen molar-refractivity contribution in [1.29, 1.82) is 0 Å². The Balaban J connectivity index is 1.39. The van der Waals surface area contributed by atoms with Crippen molar-refractivity contribution in [2.45, 2.75) is 18.9 Å². The molecular formula is C18H20N6O. The van der Waals surface area contributed by atoms with Crippen molar-refractivity contribution >= 4 is 22.8 Å². The summed E-state index contributed by atoms with van der Waals surface area (Å²) in [6.45, 7) is 1.71. The number of nitrogens with one attached hydrogen (secondary N) is 1. The number of rotatable bonds is 3. The van der Waals surface area contributed by atoms with Gasteiger partial charge in [0.15, 0.2) is 5.82 Å². The van der Waals surface area contributed by atoms with Crippen LogP contribution in [-0.2, 0) is 7.05 Å². The van der Waals surface area contributed by atoms with Gasteiger partial charge in [-0.1, -0.05) is 0 Å². The number of piperidine rings is 1. The Labute approximate surface area is 145 Å². The second-order valence-electron chi connectivity index (χ2n) is 6.35. The van der Waals surface area contributed by atoms with E-state index in [-0.39, 0.29) is 11.9 Å². The number of anilines is 1. The minimum absolute atomic E-state index is 0.110. The Hall–Kier alpha value is -2.96. The van der Waals surface area contributed by atoms with Gasteiger partial charge in [0.2, 0.25) is 0 Å². The van der Waals surface area contributed by atoms with Crippen LogP contribution in [0.2, 0.25) is 0 Å². The maximum absolute atomic E-state index is 12.5. The average molecular weight is 336 g/mol. The molecule has 25 heavy (non-hydrogen) atoms. The lowest BCUT2D eigenvalue weighted by atomic mass is 10.0. The predicted octanol–water partition coefficient (Wildman–Crippen LogP) is 1.76. The average Bonchev–Trinajstić information content (AvgIpc) is 3.03. The third-order valence-electron chi connectivity index (χ3n) is 4.66. The molecule has 1 aliphatic heterocycles. The maximum atomic E-state index is 12.5. The zero-order chi connectivity index (χ0) is 17.2. The zero-order valence-corrected chi connectivity index (χ0v) is 14.1. The van der Waals surface area contributed by atoms with Gasteiger partial charge in [0, 0.05) is 44.0 Å². The van der Waals surface area contributed by atoms with Crippen LogP contribution in [0.5, 0.6) is 0 Å². The van der Waals surface area contributed by atoms with Gasteiger partial charge in [-0.05, 0) is 43.2 Å². The molecular weight excluding hydrogens is 316 g/mol. The Bertz CT molecular complexity index is 883. The molecule has 0 spiro atoms. The fourth-order valence-electron chi connectivity index (χ4n) is 3.24. The lowest BCUT2D eigenvalue weighted by Gasteiger charge is -2.32. The molecule has 0 unspecified atom stereocenters. The number of hydrogen-bond donors (Lipinski definition) is 1. The van der Waals surface area contributed by atoms with Gasteiger partial charge in [-0.25, -0.2) is 4.98 Å². The van der Waals surface area contributed by atoms with Crippen LogP contribution in [-0.4, -0.2) is 44.8 Å². The van der Waals surface area contributed by atoms with E-state index >= 15 is 0 Å². The molecule has 7 heteroatoms. The molecule has 1 saturated heterocycles. The molecule has 7 nitrogen and oxygen atoms in total. The number of amides is 1. The van der Waals surface area contributed by atoms with Gasteiger partial charge >= 0.3 is 0 Å². The molecule has 0 aromatic carbocycles. The molecule has 4 heterocycles. The normalized spacial score (nSPS) is 15.5. The molecule has 1 N–H and O–H groups in total. The largest absolute Gasteiger partial charge is 0.355 e. The van der Waals surface area contributed by atoms with E-state index in [2.05, 4.69) is 25.4 Å². The van der Waals surface area contributed by atoms with Gasteiger partial charge in [-0.15, -0.1) is 5.10 Å².